The smallest absolute Gasteiger partial charge is 0.0808 e. The SMILES string of the molecule is COCCOCCCOC1(CNC(C)C)CCCC(C)C1. The van der Waals surface area contributed by atoms with E-state index in [-0.39, 0.29) is 5.60 Å². The van der Waals surface area contributed by atoms with Crippen LogP contribution in [0.2, 0.25) is 0 Å². The van der Waals surface area contributed by atoms with Crippen molar-refractivity contribution >= 4 is 0 Å². The highest BCUT2D eigenvalue weighted by Gasteiger charge is 2.35. The number of methoxy groups -OCH3 is 1. The fraction of sp³-hybridized carbons (Fsp3) is 1.00. The summed E-state index contributed by atoms with van der Waals surface area (Å²) in [6.45, 7) is 10.6. The first kappa shape index (κ1) is 18.9. The fourth-order valence-corrected chi connectivity index (χ4v) is 3.04. The van der Waals surface area contributed by atoms with Gasteiger partial charge in [-0.25, -0.2) is 0 Å². The van der Waals surface area contributed by atoms with E-state index in [1.165, 1.54) is 25.7 Å². The molecule has 1 fully saturated rings. The highest BCUT2D eigenvalue weighted by molar-refractivity contribution is 4.89. The summed E-state index contributed by atoms with van der Waals surface area (Å²) < 4.78 is 16.8. The molecule has 2 atom stereocenters. The minimum absolute atomic E-state index is 0.0362. The summed E-state index contributed by atoms with van der Waals surface area (Å²) in [4.78, 5) is 0. The van der Waals surface area contributed by atoms with Gasteiger partial charge in [0.1, 0.15) is 0 Å². The third-order valence-electron chi connectivity index (χ3n) is 4.16. The number of ether oxygens (including phenoxy) is 3. The second kappa shape index (κ2) is 10.5. The Kier molecular flexibility index (Phi) is 9.49. The van der Waals surface area contributed by atoms with Crippen LogP contribution in [0.5, 0.6) is 0 Å². The van der Waals surface area contributed by atoms with E-state index in [4.69, 9.17) is 14.2 Å². The van der Waals surface area contributed by atoms with Crippen molar-refractivity contribution in [1.82, 2.24) is 5.32 Å². The molecular formula is C17H35NO3. The van der Waals surface area contributed by atoms with Gasteiger partial charge in [0.2, 0.25) is 0 Å². The molecule has 126 valence electrons. The molecule has 4 nitrogen and oxygen atoms in total. The molecule has 1 aliphatic carbocycles. The summed E-state index contributed by atoms with van der Waals surface area (Å²) in [6, 6.07) is 0.514. The van der Waals surface area contributed by atoms with Crippen molar-refractivity contribution in [1.29, 1.82) is 0 Å². The minimum Gasteiger partial charge on any atom is -0.382 e. The molecule has 0 aromatic rings. The van der Waals surface area contributed by atoms with Gasteiger partial charge in [0.05, 0.1) is 18.8 Å². The van der Waals surface area contributed by atoms with Gasteiger partial charge in [-0.05, 0) is 25.2 Å². The van der Waals surface area contributed by atoms with Gasteiger partial charge in [-0.15, -0.1) is 0 Å². The molecular weight excluding hydrogens is 266 g/mol. The van der Waals surface area contributed by atoms with Gasteiger partial charge < -0.3 is 19.5 Å². The standard InChI is InChI=1S/C17H35NO3/c1-15(2)18-14-17(8-5-7-16(3)13-17)21-10-6-9-20-12-11-19-4/h15-16,18H,5-14H2,1-4H3. The molecule has 0 aliphatic heterocycles. The van der Waals surface area contributed by atoms with Gasteiger partial charge in [0.15, 0.2) is 0 Å². The number of hydrogen-bond donors (Lipinski definition) is 1. The predicted octanol–water partition coefficient (Wildman–Crippen LogP) is 3.00. The largest absolute Gasteiger partial charge is 0.382 e. The Bertz CT molecular complexity index is 260. The van der Waals surface area contributed by atoms with Gasteiger partial charge in [0.25, 0.3) is 0 Å². The lowest BCUT2D eigenvalue weighted by Crippen LogP contribution is -2.48. The van der Waals surface area contributed by atoms with E-state index in [9.17, 15) is 0 Å². The molecule has 0 heterocycles. The Morgan fingerprint density at radius 1 is 1.19 bits per heavy atom. The van der Waals surface area contributed by atoms with Crippen LogP contribution in [0.25, 0.3) is 0 Å². The molecule has 0 bridgehead atoms. The molecule has 1 N–H and O–H groups in total. The van der Waals surface area contributed by atoms with Gasteiger partial charge in [0, 0.05) is 32.9 Å². The molecule has 4 heteroatoms. The van der Waals surface area contributed by atoms with Crippen LogP contribution in [0.15, 0.2) is 0 Å². The summed E-state index contributed by atoms with van der Waals surface area (Å²) in [5.41, 5.74) is 0.0362. The summed E-state index contributed by atoms with van der Waals surface area (Å²) >= 11 is 0. The third-order valence-corrected chi connectivity index (χ3v) is 4.16. The van der Waals surface area contributed by atoms with Crippen LogP contribution in [0, 0.1) is 5.92 Å². The average molecular weight is 301 g/mol. The normalized spacial score (nSPS) is 26.4. The van der Waals surface area contributed by atoms with Crippen molar-refractivity contribution in [2.24, 2.45) is 5.92 Å². The fourth-order valence-electron chi connectivity index (χ4n) is 3.04. The van der Waals surface area contributed by atoms with Crippen molar-refractivity contribution in [3.05, 3.63) is 0 Å². The quantitative estimate of drug-likeness (QED) is 0.596. The molecule has 0 aromatic heterocycles. The van der Waals surface area contributed by atoms with Gasteiger partial charge in [-0.1, -0.05) is 33.6 Å². The van der Waals surface area contributed by atoms with Crippen LogP contribution >= 0.6 is 0 Å². The first-order valence-electron chi connectivity index (χ1n) is 8.52. The van der Waals surface area contributed by atoms with E-state index in [0.29, 0.717) is 19.3 Å². The molecule has 0 amide bonds. The van der Waals surface area contributed by atoms with E-state index in [1.807, 2.05) is 0 Å². The molecule has 1 aliphatic rings. The van der Waals surface area contributed by atoms with E-state index < -0.39 is 0 Å². The molecule has 0 saturated heterocycles. The molecule has 0 radical (unpaired) electrons. The number of hydrogen-bond acceptors (Lipinski definition) is 4. The van der Waals surface area contributed by atoms with Crippen molar-refractivity contribution in [3.8, 4) is 0 Å². The minimum atomic E-state index is 0.0362. The average Bonchev–Trinajstić information content (AvgIpc) is 2.44. The molecule has 0 spiro atoms. The van der Waals surface area contributed by atoms with E-state index >= 15 is 0 Å². The zero-order valence-corrected chi connectivity index (χ0v) is 14.5. The van der Waals surface area contributed by atoms with E-state index in [1.54, 1.807) is 7.11 Å². The van der Waals surface area contributed by atoms with Crippen LogP contribution < -0.4 is 5.32 Å². The first-order chi connectivity index (χ1) is 10.1. The molecule has 21 heavy (non-hydrogen) atoms. The second-order valence-electron chi connectivity index (χ2n) is 6.73. The van der Waals surface area contributed by atoms with Crippen molar-refractivity contribution in [2.75, 3.05) is 40.1 Å². The summed E-state index contributed by atoms with van der Waals surface area (Å²) in [5.74, 6) is 0.769. The maximum atomic E-state index is 6.32. The maximum Gasteiger partial charge on any atom is 0.0808 e. The summed E-state index contributed by atoms with van der Waals surface area (Å²) in [6.07, 6.45) is 5.94. The molecule has 2 unspecified atom stereocenters. The Morgan fingerprint density at radius 2 is 2.00 bits per heavy atom. The van der Waals surface area contributed by atoms with Gasteiger partial charge in [-0.3, -0.25) is 0 Å². The lowest BCUT2D eigenvalue weighted by molar-refractivity contribution is -0.0853. The van der Waals surface area contributed by atoms with Crippen LogP contribution in [0.1, 0.15) is 52.9 Å². The van der Waals surface area contributed by atoms with Crippen LogP contribution in [0.4, 0.5) is 0 Å². The monoisotopic (exact) mass is 301 g/mol. The highest BCUT2D eigenvalue weighted by atomic mass is 16.5. The Labute approximate surface area is 130 Å². The number of nitrogens with one attached hydrogen (secondary N) is 1. The lowest BCUT2D eigenvalue weighted by Gasteiger charge is -2.40. The highest BCUT2D eigenvalue weighted by Crippen LogP contribution is 2.35. The van der Waals surface area contributed by atoms with Gasteiger partial charge >= 0.3 is 0 Å². The zero-order valence-electron chi connectivity index (χ0n) is 14.5. The first-order valence-corrected chi connectivity index (χ1v) is 8.52. The number of rotatable bonds is 11. The summed E-state index contributed by atoms with van der Waals surface area (Å²) in [7, 11) is 1.70. The van der Waals surface area contributed by atoms with Crippen LogP contribution in [-0.4, -0.2) is 51.7 Å². The topological polar surface area (TPSA) is 39.7 Å². The predicted molar refractivity (Wildman–Crippen MR) is 86.8 cm³/mol. The zero-order chi connectivity index (χ0) is 15.6. The van der Waals surface area contributed by atoms with Crippen LogP contribution in [-0.2, 0) is 14.2 Å². The van der Waals surface area contributed by atoms with E-state index in [0.717, 1.165) is 32.1 Å². The summed E-state index contributed by atoms with van der Waals surface area (Å²) in [5, 5.41) is 3.57. The Hall–Kier alpha value is -0.160. The maximum absolute atomic E-state index is 6.32. The molecule has 1 rings (SSSR count). The molecule has 0 aromatic carbocycles. The Morgan fingerprint density at radius 3 is 2.67 bits per heavy atom. The van der Waals surface area contributed by atoms with E-state index in [2.05, 4.69) is 26.1 Å². The van der Waals surface area contributed by atoms with Crippen molar-refractivity contribution < 1.29 is 14.2 Å². The van der Waals surface area contributed by atoms with Crippen LogP contribution in [0.3, 0.4) is 0 Å². The Balaban J connectivity index is 2.28. The third kappa shape index (κ3) is 8.15. The lowest BCUT2D eigenvalue weighted by atomic mass is 9.78. The second-order valence-corrected chi connectivity index (χ2v) is 6.73. The van der Waals surface area contributed by atoms with Crippen molar-refractivity contribution in [3.63, 3.8) is 0 Å². The van der Waals surface area contributed by atoms with Gasteiger partial charge in [-0.2, -0.15) is 0 Å². The van der Waals surface area contributed by atoms with Crippen molar-refractivity contribution in [2.45, 2.75) is 64.5 Å². The molecule has 1 saturated carbocycles.